The van der Waals surface area contributed by atoms with Crippen LogP contribution >= 0.6 is 0 Å². The van der Waals surface area contributed by atoms with Gasteiger partial charge in [-0.05, 0) is 34.9 Å². The van der Waals surface area contributed by atoms with E-state index in [2.05, 4.69) is 10.3 Å². The van der Waals surface area contributed by atoms with E-state index in [1.54, 1.807) is 12.3 Å². The van der Waals surface area contributed by atoms with Gasteiger partial charge in [0.15, 0.2) is 12.9 Å². The average Bonchev–Trinajstić information content (AvgIpc) is 2.77. The number of pyridine rings is 1. The molecule has 0 aliphatic heterocycles. The van der Waals surface area contributed by atoms with Gasteiger partial charge in [0.25, 0.3) is 5.91 Å². The Morgan fingerprint density at radius 3 is 2.69 bits per heavy atom. The lowest BCUT2D eigenvalue weighted by Crippen LogP contribution is -2.30. The van der Waals surface area contributed by atoms with Crippen LogP contribution in [0.25, 0.3) is 21.7 Å². The quantitative estimate of drug-likeness (QED) is 0.490. The molecule has 0 fully saturated rings. The zero-order chi connectivity index (χ0) is 20.1. The largest absolute Gasteiger partial charge is 0.483 e. The van der Waals surface area contributed by atoms with Crippen LogP contribution in [-0.4, -0.2) is 30.3 Å². The fourth-order valence-corrected chi connectivity index (χ4v) is 3.42. The maximum Gasteiger partial charge on any atom is 0.257 e. The van der Waals surface area contributed by atoms with Gasteiger partial charge in [-0.1, -0.05) is 54.6 Å². The summed E-state index contributed by atoms with van der Waals surface area (Å²) in [5.41, 5.74) is 2.49. The molecule has 5 nitrogen and oxygen atoms in total. The predicted octanol–water partition coefficient (Wildman–Crippen LogP) is 3.94. The molecule has 0 aliphatic rings. The van der Waals surface area contributed by atoms with E-state index in [1.807, 2.05) is 60.7 Å². The number of fused-ring (bicyclic) bond motifs is 2. The molecule has 1 amide bonds. The summed E-state index contributed by atoms with van der Waals surface area (Å²) >= 11 is 0. The third-order valence-electron chi connectivity index (χ3n) is 4.84. The Bertz CT molecular complexity index is 1180. The number of hydrogen-bond donors (Lipinski definition) is 1. The smallest absolute Gasteiger partial charge is 0.257 e. The van der Waals surface area contributed by atoms with Crippen LogP contribution in [0, 0.1) is 0 Å². The average molecular weight is 384 g/mol. The number of rotatable bonds is 7. The Balaban J connectivity index is 1.36. The molecule has 1 N–H and O–H groups in total. The highest BCUT2D eigenvalue weighted by Gasteiger charge is 2.10. The standard InChI is InChI=1S/C24H20N2O3/c27-15-21-20-9-2-1-5-17(20)10-11-22(21)29-16-23(28)25-14-12-19-7-3-6-18-8-4-13-26-24(18)19/h1-11,13,15H,12,14,16H2,(H,25,28). The van der Waals surface area contributed by atoms with E-state index >= 15 is 0 Å². The van der Waals surface area contributed by atoms with E-state index in [1.165, 1.54) is 0 Å². The van der Waals surface area contributed by atoms with Crippen molar-refractivity contribution in [1.82, 2.24) is 10.3 Å². The molecule has 0 aliphatic carbocycles. The second kappa shape index (κ2) is 8.52. The molecule has 0 unspecified atom stereocenters. The molecular weight excluding hydrogens is 364 g/mol. The SMILES string of the molecule is O=Cc1c(OCC(=O)NCCc2cccc3cccnc23)ccc2ccccc12. The van der Waals surface area contributed by atoms with Crippen LogP contribution in [0.3, 0.4) is 0 Å². The Morgan fingerprint density at radius 1 is 0.966 bits per heavy atom. The number of benzene rings is 3. The summed E-state index contributed by atoms with van der Waals surface area (Å²) < 4.78 is 5.62. The van der Waals surface area contributed by atoms with Crippen molar-refractivity contribution in [3.63, 3.8) is 0 Å². The minimum absolute atomic E-state index is 0.146. The number of carbonyl (C=O) groups excluding carboxylic acids is 2. The van der Waals surface area contributed by atoms with E-state index < -0.39 is 0 Å². The van der Waals surface area contributed by atoms with Crippen LogP contribution in [0.2, 0.25) is 0 Å². The normalized spacial score (nSPS) is 10.8. The number of amides is 1. The van der Waals surface area contributed by atoms with Gasteiger partial charge in [-0.15, -0.1) is 0 Å². The Kier molecular flexibility index (Phi) is 5.47. The van der Waals surface area contributed by atoms with Gasteiger partial charge in [-0.3, -0.25) is 14.6 Å². The summed E-state index contributed by atoms with van der Waals surface area (Å²) in [6.07, 6.45) is 3.21. The first-order valence-corrected chi connectivity index (χ1v) is 9.45. The highest BCUT2D eigenvalue weighted by Crippen LogP contribution is 2.26. The van der Waals surface area contributed by atoms with Crippen LogP contribution in [0.5, 0.6) is 5.75 Å². The second-order valence-corrected chi connectivity index (χ2v) is 6.70. The molecule has 0 spiro atoms. The van der Waals surface area contributed by atoms with Crippen molar-refractivity contribution in [2.45, 2.75) is 6.42 Å². The van der Waals surface area contributed by atoms with Crippen LogP contribution < -0.4 is 10.1 Å². The van der Waals surface area contributed by atoms with Crippen LogP contribution in [0.4, 0.5) is 0 Å². The highest BCUT2D eigenvalue weighted by atomic mass is 16.5. The van der Waals surface area contributed by atoms with Crippen molar-refractivity contribution in [2.75, 3.05) is 13.2 Å². The summed E-state index contributed by atoms with van der Waals surface area (Å²) in [6, 6.07) is 21.1. The lowest BCUT2D eigenvalue weighted by Gasteiger charge is -2.11. The van der Waals surface area contributed by atoms with Gasteiger partial charge in [-0.25, -0.2) is 0 Å². The molecule has 0 atom stereocenters. The van der Waals surface area contributed by atoms with Gasteiger partial charge in [0.05, 0.1) is 11.1 Å². The second-order valence-electron chi connectivity index (χ2n) is 6.70. The topological polar surface area (TPSA) is 68.3 Å². The summed E-state index contributed by atoms with van der Waals surface area (Å²) in [5, 5.41) is 5.70. The molecular formula is C24H20N2O3. The Morgan fingerprint density at radius 2 is 1.79 bits per heavy atom. The van der Waals surface area contributed by atoms with Gasteiger partial charge in [0, 0.05) is 18.1 Å². The maximum atomic E-state index is 12.2. The van der Waals surface area contributed by atoms with E-state index in [-0.39, 0.29) is 12.5 Å². The van der Waals surface area contributed by atoms with Crippen LogP contribution in [-0.2, 0) is 11.2 Å². The fraction of sp³-hybridized carbons (Fsp3) is 0.125. The number of nitrogens with zero attached hydrogens (tertiary/aromatic N) is 1. The first-order valence-electron chi connectivity index (χ1n) is 9.45. The van der Waals surface area contributed by atoms with Gasteiger partial charge in [0.2, 0.25) is 0 Å². The summed E-state index contributed by atoms with van der Waals surface area (Å²) in [4.78, 5) is 28.2. The van der Waals surface area contributed by atoms with E-state index in [4.69, 9.17) is 4.74 Å². The van der Waals surface area contributed by atoms with Crippen molar-refractivity contribution in [3.8, 4) is 5.75 Å². The molecule has 1 heterocycles. The zero-order valence-electron chi connectivity index (χ0n) is 15.8. The molecule has 29 heavy (non-hydrogen) atoms. The monoisotopic (exact) mass is 384 g/mol. The molecule has 0 radical (unpaired) electrons. The third-order valence-corrected chi connectivity index (χ3v) is 4.84. The third kappa shape index (κ3) is 4.09. The molecule has 0 saturated carbocycles. The van der Waals surface area contributed by atoms with Gasteiger partial charge >= 0.3 is 0 Å². The minimum atomic E-state index is -0.233. The number of aromatic nitrogens is 1. The number of ether oxygens (including phenoxy) is 1. The molecule has 0 saturated heterocycles. The Hall–Kier alpha value is -3.73. The number of nitrogens with one attached hydrogen (secondary N) is 1. The molecule has 1 aromatic heterocycles. The van der Waals surface area contributed by atoms with Crippen molar-refractivity contribution < 1.29 is 14.3 Å². The molecule has 4 aromatic rings. The van der Waals surface area contributed by atoms with E-state index in [0.29, 0.717) is 24.3 Å². The molecule has 3 aromatic carbocycles. The number of aldehydes is 1. The first kappa shape index (κ1) is 18.6. The number of carbonyl (C=O) groups is 2. The minimum Gasteiger partial charge on any atom is -0.483 e. The van der Waals surface area contributed by atoms with E-state index in [9.17, 15) is 9.59 Å². The molecule has 144 valence electrons. The van der Waals surface area contributed by atoms with Gasteiger partial charge in [0.1, 0.15) is 5.75 Å². The van der Waals surface area contributed by atoms with Crippen molar-refractivity contribution in [3.05, 3.63) is 84.1 Å². The van der Waals surface area contributed by atoms with Crippen molar-refractivity contribution in [1.29, 1.82) is 0 Å². The lowest BCUT2D eigenvalue weighted by atomic mass is 10.0. The molecule has 4 rings (SSSR count). The van der Waals surface area contributed by atoms with Gasteiger partial charge < -0.3 is 10.1 Å². The van der Waals surface area contributed by atoms with Crippen molar-refractivity contribution >= 4 is 33.9 Å². The zero-order valence-corrected chi connectivity index (χ0v) is 15.8. The molecule has 5 heteroatoms. The lowest BCUT2D eigenvalue weighted by molar-refractivity contribution is -0.123. The van der Waals surface area contributed by atoms with E-state index in [0.717, 1.165) is 33.5 Å². The number of hydrogen-bond acceptors (Lipinski definition) is 4. The van der Waals surface area contributed by atoms with Gasteiger partial charge in [-0.2, -0.15) is 0 Å². The highest BCUT2D eigenvalue weighted by molar-refractivity contribution is 6.00. The molecule has 0 bridgehead atoms. The van der Waals surface area contributed by atoms with Crippen molar-refractivity contribution in [2.24, 2.45) is 0 Å². The predicted molar refractivity (Wildman–Crippen MR) is 113 cm³/mol. The van der Waals surface area contributed by atoms with Crippen LogP contribution in [0.1, 0.15) is 15.9 Å². The van der Waals surface area contributed by atoms with Crippen LogP contribution in [0.15, 0.2) is 72.9 Å². The number of para-hydroxylation sites is 1. The summed E-state index contributed by atoms with van der Waals surface area (Å²) in [5.74, 6) is 0.176. The fourth-order valence-electron chi connectivity index (χ4n) is 3.42. The first-order chi connectivity index (χ1) is 14.3. The maximum absolute atomic E-state index is 12.2. The summed E-state index contributed by atoms with van der Waals surface area (Å²) in [7, 11) is 0. The Labute approximate surface area is 168 Å². The summed E-state index contributed by atoms with van der Waals surface area (Å²) in [6.45, 7) is 0.336.